The topological polar surface area (TPSA) is 80.7 Å². The van der Waals surface area contributed by atoms with Crippen LogP contribution in [0.15, 0.2) is 28.8 Å². The van der Waals surface area contributed by atoms with E-state index in [1.165, 1.54) is 0 Å². The second-order valence-corrected chi connectivity index (χ2v) is 3.71. The molecule has 0 fully saturated rings. The first-order valence-corrected chi connectivity index (χ1v) is 4.98. The Morgan fingerprint density at radius 3 is 2.94 bits per heavy atom. The van der Waals surface area contributed by atoms with E-state index in [9.17, 15) is 0 Å². The Balaban J connectivity index is 2.27. The highest BCUT2D eigenvalue weighted by molar-refractivity contribution is 6.34. The van der Waals surface area contributed by atoms with Gasteiger partial charge in [-0.3, -0.25) is 5.10 Å². The number of oxazole rings is 1. The van der Waals surface area contributed by atoms with Gasteiger partial charge in [0.15, 0.2) is 5.58 Å². The lowest BCUT2D eigenvalue weighted by Crippen LogP contribution is -1.87. The number of nitrogens with two attached hydrogens (primary N) is 1. The van der Waals surface area contributed by atoms with Crippen molar-refractivity contribution >= 4 is 28.5 Å². The molecule has 80 valence electrons. The first-order valence-electron chi connectivity index (χ1n) is 4.60. The van der Waals surface area contributed by atoms with Gasteiger partial charge < -0.3 is 10.2 Å². The lowest BCUT2D eigenvalue weighted by atomic mass is 10.3. The first kappa shape index (κ1) is 9.23. The summed E-state index contributed by atoms with van der Waals surface area (Å²) in [4.78, 5) is 4.29. The molecule has 2 aromatic heterocycles. The molecule has 5 nitrogen and oxygen atoms in total. The van der Waals surface area contributed by atoms with Crippen LogP contribution in [-0.2, 0) is 0 Å². The third kappa shape index (κ3) is 1.25. The molecule has 3 aromatic rings. The fourth-order valence-corrected chi connectivity index (χ4v) is 1.71. The van der Waals surface area contributed by atoms with E-state index in [2.05, 4.69) is 15.2 Å². The highest BCUT2D eigenvalue weighted by Gasteiger charge is 2.13. The molecule has 6 heteroatoms. The van der Waals surface area contributed by atoms with Crippen molar-refractivity contribution in [2.45, 2.75) is 0 Å². The molecule has 16 heavy (non-hydrogen) atoms. The molecule has 0 radical (unpaired) electrons. The molecule has 0 bridgehead atoms. The number of halogens is 1. The van der Waals surface area contributed by atoms with E-state index in [0.29, 0.717) is 33.4 Å². The molecular weight excluding hydrogens is 228 g/mol. The molecule has 3 N–H and O–H groups in total. The lowest BCUT2D eigenvalue weighted by Gasteiger charge is -1.90. The predicted octanol–water partition coefficient (Wildman–Crippen LogP) is 2.45. The molecule has 0 aliphatic carbocycles. The second-order valence-electron chi connectivity index (χ2n) is 3.30. The number of nitrogens with one attached hydrogen (secondary N) is 1. The average Bonchev–Trinajstić information content (AvgIpc) is 2.84. The number of aromatic nitrogens is 3. The Kier molecular flexibility index (Phi) is 1.87. The maximum absolute atomic E-state index is 5.98. The molecule has 2 heterocycles. The van der Waals surface area contributed by atoms with Gasteiger partial charge in [0.2, 0.25) is 5.89 Å². The van der Waals surface area contributed by atoms with Crippen molar-refractivity contribution in [1.29, 1.82) is 0 Å². The van der Waals surface area contributed by atoms with Crippen molar-refractivity contribution < 1.29 is 4.42 Å². The van der Waals surface area contributed by atoms with Crippen LogP contribution < -0.4 is 5.73 Å². The molecule has 0 aliphatic rings. The first-order chi connectivity index (χ1) is 7.75. The van der Waals surface area contributed by atoms with Gasteiger partial charge in [-0.1, -0.05) is 17.7 Å². The summed E-state index contributed by atoms with van der Waals surface area (Å²) in [6.45, 7) is 0. The highest BCUT2D eigenvalue weighted by Crippen LogP contribution is 2.30. The summed E-state index contributed by atoms with van der Waals surface area (Å²) >= 11 is 5.98. The van der Waals surface area contributed by atoms with Crippen molar-refractivity contribution in [2.75, 3.05) is 5.73 Å². The zero-order valence-corrected chi connectivity index (χ0v) is 8.82. The minimum absolute atomic E-state index is 0.411. The third-order valence-electron chi connectivity index (χ3n) is 2.27. The van der Waals surface area contributed by atoms with Gasteiger partial charge in [-0.05, 0) is 12.1 Å². The summed E-state index contributed by atoms with van der Waals surface area (Å²) in [5.41, 5.74) is 7.57. The number of rotatable bonds is 1. The number of benzene rings is 1. The number of para-hydroxylation sites is 1. The summed E-state index contributed by atoms with van der Waals surface area (Å²) in [5, 5.41) is 6.95. The van der Waals surface area contributed by atoms with Crippen molar-refractivity contribution in [1.82, 2.24) is 15.2 Å². The van der Waals surface area contributed by atoms with Crippen LogP contribution in [0.5, 0.6) is 0 Å². The lowest BCUT2D eigenvalue weighted by molar-refractivity contribution is 0.620. The molecule has 0 aliphatic heterocycles. The van der Waals surface area contributed by atoms with Crippen LogP contribution >= 0.6 is 11.6 Å². The zero-order chi connectivity index (χ0) is 11.1. The van der Waals surface area contributed by atoms with E-state index in [1.807, 2.05) is 12.1 Å². The molecule has 0 spiro atoms. The van der Waals surface area contributed by atoms with Gasteiger partial charge in [-0.25, -0.2) is 4.98 Å². The number of hydrogen-bond acceptors (Lipinski definition) is 4. The van der Waals surface area contributed by atoms with Gasteiger partial charge in [0.1, 0.15) is 11.3 Å². The molecule has 0 saturated carbocycles. The van der Waals surface area contributed by atoms with E-state index < -0.39 is 0 Å². The number of hydrogen-bond donors (Lipinski definition) is 2. The molecular formula is C10H7ClN4O. The van der Waals surface area contributed by atoms with Crippen LogP contribution in [0.4, 0.5) is 5.82 Å². The van der Waals surface area contributed by atoms with Crippen molar-refractivity contribution in [2.24, 2.45) is 0 Å². The highest BCUT2D eigenvalue weighted by atomic mass is 35.5. The zero-order valence-electron chi connectivity index (χ0n) is 8.07. The summed E-state index contributed by atoms with van der Waals surface area (Å²) < 4.78 is 5.54. The summed E-state index contributed by atoms with van der Waals surface area (Å²) in [5.74, 6) is 0.831. The summed E-state index contributed by atoms with van der Waals surface area (Å²) in [7, 11) is 0. The molecule has 0 saturated heterocycles. The molecule has 0 atom stereocenters. The van der Waals surface area contributed by atoms with Gasteiger partial charge in [-0.2, -0.15) is 5.10 Å². The smallest absolute Gasteiger partial charge is 0.232 e. The van der Waals surface area contributed by atoms with E-state index in [0.717, 1.165) is 0 Å². The Morgan fingerprint density at radius 2 is 2.25 bits per heavy atom. The minimum Gasteiger partial charge on any atom is -0.434 e. The van der Waals surface area contributed by atoms with E-state index in [-0.39, 0.29) is 0 Å². The number of H-pyrrole nitrogens is 1. The van der Waals surface area contributed by atoms with Gasteiger partial charge in [0.05, 0.1) is 16.8 Å². The third-order valence-corrected chi connectivity index (χ3v) is 2.56. The number of anilines is 1. The van der Waals surface area contributed by atoms with Gasteiger partial charge >= 0.3 is 0 Å². The quantitative estimate of drug-likeness (QED) is 0.678. The summed E-state index contributed by atoms with van der Waals surface area (Å²) in [6.07, 6.45) is 1.56. The van der Waals surface area contributed by atoms with Crippen molar-refractivity contribution in [3.63, 3.8) is 0 Å². The van der Waals surface area contributed by atoms with Gasteiger partial charge in [-0.15, -0.1) is 0 Å². The predicted molar refractivity (Wildman–Crippen MR) is 61.0 cm³/mol. The number of fused-ring (bicyclic) bond motifs is 1. The maximum atomic E-state index is 5.98. The van der Waals surface area contributed by atoms with Crippen LogP contribution in [0.3, 0.4) is 0 Å². The molecule has 1 aromatic carbocycles. The van der Waals surface area contributed by atoms with Crippen LogP contribution in [0.1, 0.15) is 0 Å². The SMILES string of the molecule is Nc1[nH]ncc1-c1nc2cccc(Cl)c2o1. The Hall–Kier alpha value is -2.01. The van der Waals surface area contributed by atoms with Crippen LogP contribution in [0.2, 0.25) is 5.02 Å². The average molecular weight is 235 g/mol. The van der Waals surface area contributed by atoms with Crippen LogP contribution in [0, 0.1) is 0 Å². The van der Waals surface area contributed by atoms with E-state index in [4.69, 9.17) is 21.8 Å². The van der Waals surface area contributed by atoms with E-state index >= 15 is 0 Å². The second kappa shape index (κ2) is 3.24. The number of nitrogen functional groups attached to an aromatic ring is 1. The van der Waals surface area contributed by atoms with Crippen LogP contribution in [0.25, 0.3) is 22.6 Å². The van der Waals surface area contributed by atoms with E-state index in [1.54, 1.807) is 12.3 Å². The fourth-order valence-electron chi connectivity index (χ4n) is 1.50. The Bertz CT molecular complexity index is 658. The fraction of sp³-hybridized carbons (Fsp3) is 0. The van der Waals surface area contributed by atoms with Crippen molar-refractivity contribution in [3.05, 3.63) is 29.4 Å². The minimum atomic E-state index is 0.411. The largest absolute Gasteiger partial charge is 0.434 e. The van der Waals surface area contributed by atoms with Crippen LogP contribution in [-0.4, -0.2) is 15.2 Å². The Labute approximate surface area is 95.2 Å². The number of aromatic amines is 1. The Morgan fingerprint density at radius 1 is 1.38 bits per heavy atom. The van der Waals surface area contributed by atoms with Gasteiger partial charge in [0.25, 0.3) is 0 Å². The molecule has 0 unspecified atom stereocenters. The van der Waals surface area contributed by atoms with Crippen molar-refractivity contribution in [3.8, 4) is 11.5 Å². The standard InChI is InChI=1S/C10H7ClN4O/c11-6-2-1-3-7-8(6)16-10(14-7)5-4-13-15-9(5)12/h1-4H,(H3,12,13,15). The normalized spacial score (nSPS) is 11.1. The number of nitrogens with zero attached hydrogens (tertiary/aromatic N) is 2. The molecule has 0 amide bonds. The maximum Gasteiger partial charge on any atom is 0.232 e. The monoisotopic (exact) mass is 234 g/mol. The van der Waals surface area contributed by atoms with Gasteiger partial charge in [0, 0.05) is 0 Å². The summed E-state index contributed by atoms with van der Waals surface area (Å²) in [6, 6.07) is 5.39. The molecule has 3 rings (SSSR count).